The number of nitrogens with one attached hydrogen (secondary N) is 1. The predicted molar refractivity (Wildman–Crippen MR) is 126 cm³/mol. The molecule has 0 amide bonds. The van der Waals surface area contributed by atoms with Crippen LogP contribution in [-0.4, -0.2) is 32.3 Å². The van der Waals surface area contributed by atoms with E-state index < -0.39 is 5.97 Å². The SMILES string of the molecule is CCCCCCCCC(CCCNCc1ccccc1)C(OCC)(OCC)OCC. The molecule has 30 heavy (non-hydrogen) atoms. The van der Waals surface area contributed by atoms with Gasteiger partial charge in [-0.2, -0.15) is 0 Å². The lowest BCUT2D eigenvalue weighted by Gasteiger charge is -2.39. The largest absolute Gasteiger partial charge is 0.328 e. The van der Waals surface area contributed by atoms with Crippen molar-refractivity contribution in [3.8, 4) is 0 Å². The molecule has 0 heterocycles. The van der Waals surface area contributed by atoms with Gasteiger partial charge in [0, 0.05) is 32.3 Å². The van der Waals surface area contributed by atoms with Crippen molar-refractivity contribution in [3.05, 3.63) is 35.9 Å². The van der Waals surface area contributed by atoms with Crippen molar-refractivity contribution in [2.45, 2.75) is 98.0 Å². The van der Waals surface area contributed by atoms with Crippen molar-refractivity contribution in [1.82, 2.24) is 5.32 Å². The Labute approximate surface area is 186 Å². The number of ether oxygens (including phenoxy) is 3. The maximum atomic E-state index is 6.13. The molecule has 0 aromatic heterocycles. The molecule has 0 radical (unpaired) electrons. The molecule has 0 spiro atoms. The molecule has 0 aliphatic rings. The molecule has 1 rings (SSSR count). The van der Waals surface area contributed by atoms with Crippen LogP contribution in [0.15, 0.2) is 30.3 Å². The third-order valence-electron chi connectivity index (χ3n) is 5.52. The third-order valence-corrected chi connectivity index (χ3v) is 5.52. The predicted octanol–water partition coefficient (Wildman–Crippen LogP) is 6.69. The summed E-state index contributed by atoms with van der Waals surface area (Å²) in [5.41, 5.74) is 1.33. The highest BCUT2D eigenvalue weighted by Gasteiger charge is 2.41. The van der Waals surface area contributed by atoms with E-state index in [0.717, 1.165) is 32.4 Å². The van der Waals surface area contributed by atoms with E-state index in [2.05, 4.69) is 42.6 Å². The van der Waals surface area contributed by atoms with Gasteiger partial charge in [-0.1, -0.05) is 75.8 Å². The summed E-state index contributed by atoms with van der Waals surface area (Å²) in [6, 6.07) is 10.6. The lowest BCUT2D eigenvalue weighted by Crippen LogP contribution is -2.47. The summed E-state index contributed by atoms with van der Waals surface area (Å²) in [5, 5.41) is 3.57. The molecule has 1 unspecified atom stereocenters. The van der Waals surface area contributed by atoms with E-state index in [1.54, 1.807) is 0 Å². The van der Waals surface area contributed by atoms with E-state index in [1.807, 2.05) is 20.8 Å². The van der Waals surface area contributed by atoms with Crippen molar-refractivity contribution in [1.29, 1.82) is 0 Å². The van der Waals surface area contributed by atoms with Crippen LogP contribution in [0.5, 0.6) is 0 Å². The Balaban J connectivity index is 2.59. The Kier molecular flexibility index (Phi) is 16.0. The minimum atomic E-state index is -0.902. The molecule has 1 N–H and O–H groups in total. The normalized spacial score (nSPS) is 12.9. The van der Waals surface area contributed by atoms with Gasteiger partial charge in [0.2, 0.25) is 0 Å². The molecular formula is C26H47NO3. The Morgan fingerprint density at radius 2 is 1.30 bits per heavy atom. The number of hydrogen-bond acceptors (Lipinski definition) is 4. The fourth-order valence-corrected chi connectivity index (χ4v) is 4.05. The van der Waals surface area contributed by atoms with Gasteiger partial charge in [0.15, 0.2) is 0 Å². The molecule has 0 aliphatic heterocycles. The van der Waals surface area contributed by atoms with Crippen molar-refractivity contribution < 1.29 is 14.2 Å². The number of hydrogen-bond donors (Lipinski definition) is 1. The molecule has 4 nitrogen and oxygen atoms in total. The number of benzene rings is 1. The molecule has 0 aliphatic carbocycles. The highest BCUT2D eigenvalue weighted by molar-refractivity contribution is 5.14. The van der Waals surface area contributed by atoms with E-state index in [4.69, 9.17) is 14.2 Å². The molecular weight excluding hydrogens is 374 g/mol. The van der Waals surface area contributed by atoms with E-state index in [-0.39, 0.29) is 5.92 Å². The first-order valence-electron chi connectivity index (χ1n) is 12.4. The van der Waals surface area contributed by atoms with E-state index >= 15 is 0 Å². The second-order valence-electron chi connectivity index (χ2n) is 7.96. The molecule has 1 atom stereocenters. The van der Waals surface area contributed by atoms with Crippen molar-refractivity contribution in [2.75, 3.05) is 26.4 Å². The quantitative estimate of drug-likeness (QED) is 0.188. The summed E-state index contributed by atoms with van der Waals surface area (Å²) in [7, 11) is 0. The smallest absolute Gasteiger partial charge is 0.285 e. The molecule has 1 aromatic rings. The van der Waals surface area contributed by atoms with Gasteiger partial charge in [-0.15, -0.1) is 0 Å². The summed E-state index contributed by atoms with van der Waals surface area (Å²) in [5.74, 6) is -0.650. The molecule has 1 aromatic carbocycles. The van der Waals surface area contributed by atoms with E-state index in [0.29, 0.717) is 19.8 Å². The van der Waals surface area contributed by atoms with Crippen molar-refractivity contribution >= 4 is 0 Å². The second-order valence-corrected chi connectivity index (χ2v) is 7.96. The minimum absolute atomic E-state index is 0.252. The highest BCUT2D eigenvalue weighted by atomic mass is 16.9. The van der Waals surface area contributed by atoms with Gasteiger partial charge in [-0.05, 0) is 52.1 Å². The summed E-state index contributed by atoms with van der Waals surface area (Å²) in [6.07, 6.45) is 11.0. The summed E-state index contributed by atoms with van der Waals surface area (Å²) < 4.78 is 18.4. The third kappa shape index (κ3) is 10.9. The van der Waals surface area contributed by atoms with Crippen LogP contribution in [0.3, 0.4) is 0 Å². The first-order valence-corrected chi connectivity index (χ1v) is 12.4. The average Bonchev–Trinajstić information content (AvgIpc) is 2.75. The Bertz CT molecular complexity index is 477. The second kappa shape index (κ2) is 17.7. The summed E-state index contributed by atoms with van der Waals surface area (Å²) >= 11 is 0. The lowest BCUT2D eigenvalue weighted by atomic mass is 9.92. The van der Waals surface area contributed by atoms with E-state index in [1.165, 1.54) is 44.1 Å². The van der Waals surface area contributed by atoms with Gasteiger partial charge in [0.1, 0.15) is 0 Å². The maximum absolute atomic E-state index is 6.13. The molecule has 0 bridgehead atoms. The van der Waals surface area contributed by atoms with Crippen LogP contribution in [0.25, 0.3) is 0 Å². The standard InChI is InChI=1S/C26H47NO3/c1-5-9-10-11-12-16-20-25(26(28-6-2,29-7-3)30-8-4)21-17-22-27-23-24-18-14-13-15-19-24/h13-15,18-19,25,27H,5-12,16-17,20-23H2,1-4H3. The van der Waals surface area contributed by atoms with Crippen LogP contribution in [0.2, 0.25) is 0 Å². The van der Waals surface area contributed by atoms with Crippen LogP contribution in [0.1, 0.15) is 91.0 Å². The number of unbranched alkanes of at least 4 members (excludes halogenated alkanes) is 5. The minimum Gasteiger partial charge on any atom is -0.328 e. The lowest BCUT2D eigenvalue weighted by molar-refractivity contribution is -0.403. The Hall–Kier alpha value is -0.940. The molecule has 0 saturated heterocycles. The van der Waals surface area contributed by atoms with Crippen LogP contribution in [0.4, 0.5) is 0 Å². The summed E-state index contributed by atoms with van der Waals surface area (Å²) in [6.45, 7) is 12.0. The first-order chi connectivity index (χ1) is 14.7. The fourth-order valence-electron chi connectivity index (χ4n) is 4.05. The van der Waals surface area contributed by atoms with Gasteiger partial charge in [0.05, 0.1) is 0 Å². The highest BCUT2D eigenvalue weighted by Crippen LogP contribution is 2.34. The van der Waals surface area contributed by atoms with Gasteiger partial charge in [0.25, 0.3) is 5.97 Å². The molecule has 4 heteroatoms. The van der Waals surface area contributed by atoms with Gasteiger partial charge >= 0.3 is 0 Å². The zero-order valence-corrected chi connectivity index (χ0v) is 20.1. The average molecular weight is 422 g/mol. The summed E-state index contributed by atoms with van der Waals surface area (Å²) in [4.78, 5) is 0. The van der Waals surface area contributed by atoms with Gasteiger partial charge in [-0.3, -0.25) is 0 Å². The maximum Gasteiger partial charge on any atom is 0.285 e. The number of rotatable bonds is 20. The fraction of sp³-hybridized carbons (Fsp3) is 0.769. The van der Waals surface area contributed by atoms with Gasteiger partial charge < -0.3 is 19.5 Å². The van der Waals surface area contributed by atoms with Crippen molar-refractivity contribution in [2.24, 2.45) is 5.92 Å². The van der Waals surface area contributed by atoms with Crippen LogP contribution in [0, 0.1) is 5.92 Å². The zero-order chi connectivity index (χ0) is 21.9. The molecule has 174 valence electrons. The molecule has 0 saturated carbocycles. The van der Waals surface area contributed by atoms with Crippen LogP contribution in [-0.2, 0) is 20.8 Å². The first kappa shape index (κ1) is 27.1. The van der Waals surface area contributed by atoms with Crippen molar-refractivity contribution in [3.63, 3.8) is 0 Å². The van der Waals surface area contributed by atoms with Gasteiger partial charge in [-0.25, -0.2) is 0 Å². The Morgan fingerprint density at radius 1 is 0.733 bits per heavy atom. The van der Waals surface area contributed by atoms with E-state index in [9.17, 15) is 0 Å². The monoisotopic (exact) mass is 421 g/mol. The van der Waals surface area contributed by atoms with Crippen LogP contribution < -0.4 is 5.32 Å². The van der Waals surface area contributed by atoms with Crippen LogP contribution >= 0.6 is 0 Å². The topological polar surface area (TPSA) is 39.7 Å². The molecule has 0 fully saturated rings. The Morgan fingerprint density at radius 3 is 1.90 bits per heavy atom. The zero-order valence-electron chi connectivity index (χ0n) is 20.1.